The van der Waals surface area contributed by atoms with Crippen molar-refractivity contribution in [2.24, 2.45) is 0 Å². The number of nitrogens with one attached hydrogen (secondary N) is 1. The molecule has 0 spiro atoms. The zero-order valence-electron chi connectivity index (χ0n) is 17.0. The molecule has 2 aromatic carbocycles. The average molecular weight is 408 g/mol. The lowest BCUT2D eigenvalue weighted by atomic mass is 9.98. The Kier molecular flexibility index (Phi) is 5.44. The number of fused-ring (bicyclic) bond motifs is 3. The number of methoxy groups -OCH3 is 1. The molecule has 0 aromatic heterocycles. The topological polar surface area (TPSA) is 84.9 Å². The summed E-state index contributed by atoms with van der Waals surface area (Å²) in [6.45, 7) is 1.78. The lowest BCUT2D eigenvalue weighted by Gasteiger charge is -2.23. The summed E-state index contributed by atoms with van der Waals surface area (Å²) in [6, 6.07) is 15.1. The normalized spacial score (nSPS) is 19.7. The molecule has 4 rings (SSSR count). The number of carbonyl (C=O) groups excluding carboxylic acids is 3. The van der Waals surface area contributed by atoms with Gasteiger partial charge in [-0.1, -0.05) is 48.5 Å². The van der Waals surface area contributed by atoms with Crippen molar-refractivity contribution in [1.82, 2.24) is 10.2 Å². The maximum atomic E-state index is 12.9. The minimum atomic E-state index is -0.775. The van der Waals surface area contributed by atoms with Gasteiger partial charge in [-0.3, -0.25) is 9.69 Å². The van der Waals surface area contributed by atoms with Gasteiger partial charge in [0.1, 0.15) is 12.6 Å². The highest BCUT2D eigenvalue weighted by Gasteiger charge is 2.42. The minimum absolute atomic E-state index is 0.0633. The van der Waals surface area contributed by atoms with Gasteiger partial charge in [0.25, 0.3) is 0 Å². The number of carbonyl (C=O) groups is 3. The van der Waals surface area contributed by atoms with E-state index < -0.39 is 18.1 Å². The van der Waals surface area contributed by atoms with E-state index in [0.29, 0.717) is 6.42 Å². The van der Waals surface area contributed by atoms with Crippen molar-refractivity contribution in [3.8, 4) is 11.1 Å². The van der Waals surface area contributed by atoms with E-state index in [0.717, 1.165) is 22.3 Å². The fourth-order valence-electron chi connectivity index (χ4n) is 4.47. The van der Waals surface area contributed by atoms with Crippen LogP contribution in [0.1, 0.15) is 30.4 Å². The van der Waals surface area contributed by atoms with Crippen LogP contribution in [0.2, 0.25) is 0 Å². The predicted octanol–water partition coefficient (Wildman–Crippen LogP) is 2.69. The lowest BCUT2D eigenvalue weighted by Crippen LogP contribution is -2.42. The van der Waals surface area contributed by atoms with Crippen LogP contribution in [0.3, 0.4) is 0 Å². The standard InChI is InChI=1S/C23H24N2O5/c1-14(26)24-15-11-21(22(27)29-2)25(12-15)23(28)30-13-20-18-9-5-3-7-16(18)17-8-4-6-10-19(17)20/h3-10,15,20-21H,11-13H2,1-2H3,(H,24,26)/t15-,21+/m1/s1. The van der Waals surface area contributed by atoms with Gasteiger partial charge in [0, 0.05) is 31.8 Å². The van der Waals surface area contributed by atoms with Crippen LogP contribution in [0.5, 0.6) is 0 Å². The van der Waals surface area contributed by atoms with Crippen molar-refractivity contribution < 1.29 is 23.9 Å². The molecule has 1 heterocycles. The number of esters is 1. The second-order valence-electron chi connectivity index (χ2n) is 7.63. The van der Waals surface area contributed by atoms with Crippen molar-refractivity contribution in [1.29, 1.82) is 0 Å². The molecule has 1 saturated heterocycles. The van der Waals surface area contributed by atoms with E-state index in [2.05, 4.69) is 17.4 Å². The molecule has 2 aliphatic rings. The highest BCUT2D eigenvalue weighted by atomic mass is 16.6. The molecule has 7 heteroatoms. The van der Waals surface area contributed by atoms with Crippen LogP contribution < -0.4 is 5.32 Å². The molecule has 1 aliphatic carbocycles. The largest absolute Gasteiger partial charge is 0.467 e. The maximum absolute atomic E-state index is 12.9. The van der Waals surface area contributed by atoms with E-state index in [1.54, 1.807) is 0 Å². The molecule has 0 unspecified atom stereocenters. The number of rotatable bonds is 4. The molecule has 0 saturated carbocycles. The maximum Gasteiger partial charge on any atom is 0.410 e. The minimum Gasteiger partial charge on any atom is -0.467 e. The Balaban J connectivity index is 1.50. The van der Waals surface area contributed by atoms with Gasteiger partial charge in [0.15, 0.2) is 0 Å². The fraction of sp³-hybridized carbons (Fsp3) is 0.348. The first-order chi connectivity index (χ1) is 14.5. The van der Waals surface area contributed by atoms with E-state index in [9.17, 15) is 14.4 Å². The first-order valence-electron chi connectivity index (χ1n) is 9.96. The van der Waals surface area contributed by atoms with Gasteiger partial charge in [-0.25, -0.2) is 9.59 Å². The van der Waals surface area contributed by atoms with E-state index in [1.165, 1.54) is 18.9 Å². The van der Waals surface area contributed by atoms with Crippen LogP contribution in [0, 0.1) is 0 Å². The summed E-state index contributed by atoms with van der Waals surface area (Å²) < 4.78 is 10.5. The molecule has 0 bridgehead atoms. The zero-order valence-corrected chi connectivity index (χ0v) is 17.0. The highest BCUT2D eigenvalue weighted by Crippen LogP contribution is 2.44. The number of ether oxygens (including phenoxy) is 2. The first kappa shape index (κ1) is 19.9. The smallest absolute Gasteiger partial charge is 0.410 e. The highest BCUT2D eigenvalue weighted by molar-refractivity contribution is 5.83. The molecule has 1 fully saturated rings. The molecule has 2 aromatic rings. The summed E-state index contributed by atoms with van der Waals surface area (Å²) in [5, 5.41) is 2.76. The number of likely N-dealkylation sites (tertiary alicyclic amines) is 1. The van der Waals surface area contributed by atoms with Crippen LogP contribution in [-0.2, 0) is 19.1 Å². The molecule has 1 aliphatic heterocycles. The summed E-state index contributed by atoms with van der Waals surface area (Å²) in [5.74, 6) is -0.791. The number of nitrogens with zero attached hydrogens (tertiary/aromatic N) is 1. The van der Waals surface area contributed by atoms with Gasteiger partial charge >= 0.3 is 12.1 Å². The van der Waals surface area contributed by atoms with Gasteiger partial charge < -0.3 is 14.8 Å². The third-order valence-corrected chi connectivity index (χ3v) is 5.75. The van der Waals surface area contributed by atoms with Crippen LogP contribution in [0.4, 0.5) is 4.79 Å². The van der Waals surface area contributed by atoms with E-state index in [1.807, 2.05) is 36.4 Å². The Bertz CT molecular complexity index is 944. The second kappa shape index (κ2) is 8.18. The Labute approximate surface area is 175 Å². The fourth-order valence-corrected chi connectivity index (χ4v) is 4.47. The van der Waals surface area contributed by atoms with Crippen molar-refractivity contribution in [3.63, 3.8) is 0 Å². The summed E-state index contributed by atoms with van der Waals surface area (Å²) in [5.41, 5.74) is 4.53. The summed E-state index contributed by atoms with van der Waals surface area (Å²) in [7, 11) is 1.28. The first-order valence-corrected chi connectivity index (χ1v) is 9.96. The average Bonchev–Trinajstić information content (AvgIpc) is 3.30. The second-order valence-corrected chi connectivity index (χ2v) is 7.63. The molecule has 2 atom stereocenters. The molecule has 156 valence electrons. The van der Waals surface area contributed by atoms with Crippen molar-refractivity contribution in [2.45, 2.75) is 31.3 Å². The number of amides is 2. The van der Waals surface area contributed by atoms with Crippen LogP contribution in [0.25, 0.3) is 11.1 Å². The molecular formula is C23H24N2O5. The third-order valence-electron chi connectivity index (χ3n) is 5.75. The van der Waals surface area contributed by atoms with Gasteiger partial charge in [-0.2, -0.15) is 0 Å². The van der Waals surface area contributed by atoms with Crippen LogP contribution >= 0.6 is 0 Å². The number of hydrogen-bond donors (Lipinski definition) is 1. The molecule has 0 radical (unpaired) electrons. The van der Waals surface area contributed by atoms with Gasteiger partial charge in [0.05, 0.1) is 7.11 Å². The SMILES string of the molecule is COC(=O)[C@@H]1C[C@@H](NC(C)=O)CN1C(=O)OCC1c2ccccc2-c2ccccc21. The quantitative estimate of drug-likeness (QED) is 0.787. The van der Waals surface area contributed by atoms with E-state index in [-0.39, 0.29) is 31.0 Å². The van der Waals surface area contributed by atoms with Crippen molar-refractivity contribution >= 4 is 18.0 Å². The molecule has 30 heavy (non-hydrogen) atoms. The Morgan fingerprint density at radius 1 is 1.03 bits per heavy atom. The number of benzene rings is 2. The third kappa shape index (κ3) is 3.63. The monoisotopic (exact) mass is 408 g/mol. The van der Waals surface area contributed by atoms with E-state index >= 15 is 0 Å². The van der Waals surface area contributed by atoms with Crippen LogP contribution in [-0.4, -0.2) is 55.2 Å². The lowest BCUT2D eigenvalue weighted by molar-refractivity contribution is -0.145. The van der Waals surface area contributed by atoms with E-state index in [4.69, 9.17) is 9.47 Å². The Morgan fingerprint density at radius 2 is 1.63 bits per heavy atom. The summed E-state index contributed by atoms with van der Waals surface area (Å²) in [6.07, 6.45) is -0.281. The predicted molar refractivity (Wildman–Crippen MR) is 110 cm³/mol. The number of hydrogen-bond acceptors (Lipinski definition) is 5. The zero-order chi connectivity index (χ0) is 21.3. The molecule has 2 amide bonds. The summed E-state index contributed by atoms with van der Waals surface area (Å²) >= 11 is 0. The van der Waals surface area contributed by atoms with Crippen molar-refractivity contribution in [3.05, 3.63) is 59.7 Å². The molecular weight excluding hydrogens is 384 g/mol. The molecule has 1 N–H and O–H groups in total. The van der Waals surface area contributed by atoms with Crippen LogP contribution in [0.15, 0.2) is 48.5 Å². The molecule has 7 nitrogen and oxygen atoms in total. The Morgan fingerprint density at radius 3 is 2.20 bits per heavy atom. The van der Waals surface area contributed by atoms with Crippen molar-refractivity contribution in [2.75, 3.05) is 20.3 Å². The summed E-state index contributed by atoms with van der Waals surface area (Å²) in [4.78, 5) is 37.8. The van der Waals surface area contributed by atoms with Gasteiger partial charge in [-0.05, 0) is 22.3 Å². The van der Waals surface area contributed by atoms with Gasteiger partial charge in [0.2, 0.25) is 5.91 Å². The van der Waals surface area contributed by atoms with Gasteiger partial charge in [-0.15, -0.1) is 0 Å². The Hall–Kier alpha value is -3.35.